The molecule has 3 N–H and O–H groups in total. The van der Waals surface area contributed by atoms with Crippen LogP contribution in [0.4, 0.5) is 9.93 Å². The van der Waals surface area contributed by atoms with Gasteiger partial charge >= 0.3 is 6.03 Å². The largest absolute Gasteiger partial charge is 0.330 e. The number of likely N-dealkylation sites (N-methyl/N-ethyl adjacent to an activating group) is 1. The summed E-state index contributed by atoms with van der Waals surface area (Å²) in [4.78, 5) is 22.5. The Labute approximate surface area is 273 Å². The van der Waals surface area contributed by atoms with Crippen LogP contribution < -0.4 is 11.1 Å². The van der Waals surface area contributed by atoms with Gasteiger partial charge in [0, 0.05) is 31.6 Å². The van der Waals surface area contributed by atoms with E-state index in [1.54, 1.807) is 0 Å². The first kappa shape index (κ1) is 37.6. The SMILES string of the molecule is CC(N(C)CCN(CCC(c1ccccc1)c1ccccc1)C(=O)Nc1nc2ccccc2s1)C(C)(C)CN.Cl.Cl.Cl. The Balaban J connectivity index is 0.00000294. The van der Waals surface area contributed by atoms with Crippen molar-refractivity contribution >= 4 is 69.9 Å². The second-order valence-corrected chi connectivity index (χ2v) is 11.9. The lowest BCUT2D eigenvalue weighted by Crippen LogP contribution is -2.48. The summed E-state index contributed by atoms with van der Waals surface area (Å²) < 4.78 is 1.06. The zero-order valence-electron chi connectivity index (χ0n) is 24.7. The van der Waals surface area contributed by atoms with Crippen LogP contribution in [0, 0.1) is 5.41 Å². The van der Waals surface area contributed by atoms with Gasteiger partial charge in [-0.2, -0.15) is 0 Å². The summed E-state index contributed by atoms with van der Waals surface area (Å²) in [6, 6.07) is 29.2. The third-order valence-electron chi connectivity index (χ3n) is 7.93. The number of carbonyl (C=O) groups is 1. The number of amides is 2. The first-order valence-electron chi connectivity index (χ1n) is 13.7. The average molecular weight is 653 g/mol. The highest BCUT2D eigenvalue weighted by molar-refractivity contribution is 7.22. The predicted octanol–water partition coefficient (Wildman–Crippen LogP) is 7.92. The highest BCUT2D eigenvalue weighted by Gasteiger charge is 2.28. The zero-order valence-corrected chi connectivity index (χ0v) is 28.0. The van der Waals surface area contributed by atoms with Crippen LogP contribution in [-0.4, -0.2) is 60.1 Å². The maximum absolute atomic E-state index is 13.7. The van der Waals surface area contributed by atoms with E-state index < -0.39 is 0 Å². The minimum absolute atomic E-state index is 0. The van der Waals surface area contributed by atoms with Gasteiger partial charge in [0.1, 0.15) is 0 Å². The molecule has 0 radical (unpaired) electrons. The highest BCUT2D eigenvalue weighted by Crippen LogP contribution is 2.29. The summed E-state index contributed by atoms with van der Waals surface area (Å²) in [5, 5.41) is 3.71. The van der Waals surface area contributed by atoms with E-state index >= 15 is 0 Å². The number of anilines is 1. The lowest BCUT2D eigenvalue weighted by molar-refractivity contribution is 0.120. The molecule has 4 aromatic rings. The van der Waals surface area contributed by atoms with Crippen LogP contribution in [0.2, 0.25) is 0 Å². The molecule has 0 saturated carbocycles. The fourth-order valence-electron chi connectivity index (χ4n) is 4.83. The van der Waals surface area contributed by atoms with Crippen LogP contribution in [-0.2, 0) is 0 Å². The molecule has 3 aromatic carbocycles. The van der Waals surface area contributed by atoms with Crippen molar-refractivity contribution in [2.45, 2.75) is 39.2 Å². The van der Waals surface area contributed by atoms with E-state index in [1.165, 1.54) is 22.5 Å². The van der Waals surface area contributed by atoms with Crippen molar-refractivity contribution in [3.8, 4) is 0 Å². The van der Waals surface area contributed by atoms with Crippen LogP contribution in [0.5, 0.6) is 0 Å². The Morgan fingerprint density at radius 2 is 1.43 bits per heavy atom. The van der Waals surface area contributed by atoms with Crippen molar-refractivity contribution in [2.75, 3.05) is 38.5 Å². The van der Waals surface area contributed by atoms with Crippen LogP contribution in [0.15, 0.2) is 84.9 Å². The number of thiazole rings is 1. The lowest BCUT2D eigenvalue weighted by Gasteiger charge is -2.38. The second-order valence-electron chi connectivity index (χ2n) is 10.9. The van der Waals surface area contributed by atoms with E-state index in [9.17, 15) is 4.79 Å². The molecule has 1 atom stereocenters. The third kappa shape index (κ3) is 9.83. The van der Waals surface area contributed by atoms with Gasteiger partial charge < -0.3 is 15.5 Å². The van der Waals surface area contributed by atoms with Gasteiger partial charge in [0.05, 0.1) is 10.2 Å². The molecule has 1 unspecified atom stereocenters. The topological polar surface area (TPSA) is 74.5 Å². The molecule has 0 aliphatic heterocycles. The summed E-state index contributed by atoms with van der Waals surface area (Å²) >= 11 is 1.50. The maximum Gasteiger partial charge on any atom is 0.323 e. The molecule has 0 fully saturated rings. The van der Waals surface area contributed by atoms with Crippen LogP contribution in [0.25, 0.3) is 10.2 Å². The van der Waals surface area contributed by atoms with Crippen LogP contribution in [0.3, 0.4) is 0 Å². The fraction of sp³-hybridized carbons (Fsp3) is 0.375. The highest BCUT2D eigenvalue weighted by atomic mass is 35.5. The molecular weight excluding hydrogens is 609 g/mol. The number of nitrogens with zero attached hydrogens (tertiary/aromatic N) is 3. The lowest BCUT2D eigenvalue weighted by atomic mass is 9.85. The molecule has 230 valence electrons. The average Bonchev–Trinajstić information content (AvgIpc) is 3.37. The van der Waals surface area contributed by atoms with Crippen molar-refractivity contribution < 1.29 is 4.79 Å². The standard InChI is InChI=1S/C32H41N5OS.3ClH/c1-24(32(2,3)23-33)36(4)21-22-37(31(38)35-30-34-28-17-11-12-18-29(28)39-30)20-19-27(25-13-7-5-8-14-25)26-15-9-6-10-16-26;;;/h5-18,24,27H,19-23,33H2,1-4H3,(H,34,35,38);3*1H. The number of halogens is 3. The molecule has 0 aliphatic carbocycles. The van der Waals surface area contributed by atoms with Crippen molar-refractivity contribution in [3.05, 3.63) is 96.1 Å². The zero-order chi connectivity index (χ0) is 27.8. The van der Waals surface area contributed by atoms with Gasteiger partial charge in [0.25, 0.3) is 0 Å². The first-order chi connectivity index (χ1) is 18.8. The fourth-order valence-corrected chi connectivity index (χ4v) is 5.69. The van der Waals surface area contributed by atoms with Gasteiger partial charge in [-0.1, -0.05) is 98.0 Å². The number of fused-ring (bicyclic) bond motifs is 1. The number of rotatable bonds is 12. The smallest absolute Gasteiger partial charge is 0.323 e. The molecule has 10 heteroatoms. The second kappa shape index (κ2) is 17.7. The Hall–Kier alpha value is -2.39. The number of para-hydroxylation sites is 1. The van der Waals surface area contributed by atoms with E-state index in [4.69, 9.17) is 5.73 Å². The van der Waals surface area contributed by atoms with Crippen molar-refractivity contribution in [1.82, 2.24) is 14.8 Å². The molecule has 1 heterocycles. The number of nitrogens with two attached hydrogens (primary N) is 1. The summed E-state index contributed by atoms with van der Waals surface area (Å²) in [7, 11) is 2.11. The number of hydrogen-bond acceptors (Lipinski definition) is 5. The Morgan fingerprint density at radius 3 is 1.98 bits per heavy atom. The number of aromatic nitrogens is 1. The monoisotopic (exact) mass is 651 g/mol. The van der Waals surface area contributed by atoms with Crippen molar-refractivity contribution in [2.24, 2.45) is 11.1 Å². The molecule has 0 aliphatic rings. The van der Waals surface area contributed by atoms with E-state index in [0.29, 0.717) is 24.8 Å². The maximum atomic E-state index is 13.7. The molecular formula is C32H44Cl3N5OS. The Kier molecular flexibility index (Phi) is 15.8. The summed E-state index contributed by atoms with van der Waals surface area (Å²) in [6.07, 6.45) is 0.814. The summed E-state index contributed by atoms with van der Waals surface area (Å²) in [5.74, 6) is 0.193. The van der Waals surface area contributed by atoms with Gasteiger partial charge in [-0.15, -0.1) is 37.2 Å². The van der Waals surface area contributed by atoms with Gasteiger partial charge in [-0.3, -0.25) is 5.32 Å². The van der Waals surface area contributed by atoms with E-state index in [0.717, 1.165) is 23.2 Å². The minimum atomic E-state index is -0.118. The van der Waals surface area contributed by atoms with E-state index in [-0.39, 0.29) is 60.6 Å². The summed E-state index contributed by atoms with van der Waals surface area (Å²) in [5.41, 5.74) is 9.44. The number of benzene rings is 3. The van der Waals surface area contributed by atoms with Crippen molar-refractivity contribution in [1.29, 1.82) is 0 Å². The molecule has 0 spiro atoms. The van der Waals surface area contributed by atoms with E-state index in [2.05, 4.69) is 91.6 Å². The number of hydrogen-bond donors (Lipinski definition) is 2. The normalized spacial score (nSPS) is 11.8. The quantitative estimate of drug-likeness (QED) is 0.163. The summed E-state index contributed by atoms with van der Waals surface area (Å²) in [6.45, 7) is 9.17. The Morgan fingerprint density at radius 1 is 0.881 bits per heavy atom. The van der Waals surface area contributed by atoms with E-state index in [1.807, 2.05) is 41.3 Å². The molecule has 0 saturated heterocycles. The molecule has 4 rings (SSSR count). The molecule has 1 aromatic heterocycles. The van der Waals surface area contributed by atoms with Gasteiger partial charge in [0.15, 0.2) is 5.13 Å². The molecule has 2 amide bonds. The van der Waals surface area contributed by atoms with Gasteiger partial charge in [-0.25, -0.2) is 9.78 Å². The molecule has 42 heavy (non-hydrogen) atoms. The van der Waals surface area contributed by atoms with Crippen LogP contribution in [0.1, 0.15) is 44.2 Å². The van der Waals surface area contributed by atoms with Crippen molar-refractivity contribution in [3.63, 3.8) is 0 Å². The van der Waals surface area contributed by atoms with Gasteiger partial charge in [0.2, 0.25) is 0 Å². The minimum Gasteiger partial charge on any atom is -0.330 e. The number of nitrogens with one attached hydrogen (secondary N) is 1. The Bertz CT molecular complexity index is 1270. The first-order valence-corrected chi connectivity index (χ1v) is 14.5. The van der Waals surface area contributed by atoms with Crippen LogP contribution >= 0.6 is 48.6 Å². The molecule has 0 bridgehead atoms. The molecule has 6 nitrogen and oxygen atoms in total. The third-order valence-corrected chi connectivity index (χ3v) is 8.88. The van der Waals surface area contributed by atoms with Gasteiger partial charge in [-0.05, 0) is 55.6 Å². The number of urea groups is 1. The predicted molar refractivity (Wildman–Crippen MR) is 186 cm³/mol. The number of carbonyl (C=O) groups excluding carboxylic acids is 1.